The first-order chi connectivity index (χ1) is 12.7. The predicted octanol–water partition coefficient (Wildman–Crippen LogP) is 2.17. The maximum Gasteiger partial charge on any atom is 0.339 e. The number of fused-ring (bicyclic) bond motifs is 3. The smallest absolute Gasteiger partial charge is 0.339 e. The van der Waals surface area contributed by atoms with E-state index in [1.54, 1.807) is 6.07 Å². The molecule has 0 saturated carbocycles. The van der Waals surface area contributed by atoms with Gasteiger partial charge in [0.15, 0.2) is 5.78 Å². The van der Waals surface area contributed by atoms with Gasteiger partial charge in [-0.3, -0.25) is 4.79 Å². The van der Waals surface area contributed by atoms with Crippen LogP contribution in [0.15, 0.2) is 24.3 Å². The first-order valence-corrected chi connectivity index (χ1v) is 8.02. The van der Waals surface area contributed by atoms with E-state index in [1.807, 2.05) is 0 Å². The normalized spacial score (nSPS) is 12.7. The van der Waals surface area contributed by atoms with Crippen molar-refractivity contribution in [3.05, 3.63) is 57.6 Å². The lowest BCUT2D eigenvalue weighted by molar-refractivity contribution is -0.266. The van der Waals surface area contributed by atoms with Crippen LogP contribution in [0.5, 0.6) is 23.0 Å². The van der Waals surface area contributed by atoms with Crippen LogP contribution >= 0.6 is 0 Å². The molecule has 7 heteroatoms. The molecule has 0 aromatic heterocycles. The Kier molecular flexibility index (Phi) is 3.33. The van der Waals surface area contributed by atoms with E-state index in [0.29, 0.717) is 16.5 Å². The van der Waals surface area contributed by atoms with Gasteiger partial charge in [-0.1, -0.05) is 5.75 Å². The summed E-state index contributed by atoms with van der Waals surface area (Å²) in [5.41, 5.74) is 0.256. The number of phenols is 3. The van der Waals surface area contributed by atoms with Gasteiger partial charge in [0.05, 0.1) is 5.56 Å². The third-order valence-electron chi connectivity index (χ3n) is 4.92. The lowest BCUT2D eigenvalue weighted by Crippen LogP contribution is -2.18. The van der Waals surface area contributed by atoms with Gasteiger partial charge in [0.1, 0.15) is 22.8 Å². The Balaban J connectivity index is 2.08. The van der Waals surface area contributed by atoms with Crippen LogP contribution in [0.25, 0.3) is 10.8 Å². The number of hydrogen-bond donors (Lipinski definition) is 4. The zero-order valence-corrected chi connectivity index (χ0v) is 14.0. The number of aromatic carboxylic acids is 1. The maximum absolute atomic E-state index is 13.1. The summed E-state index contributed by atoms with van der Waals surface area (Å²) in [6, 6.07) is 5.11. The maximum atomic E-state index is 13.1. The molecule has 0 heterocycles. The Morgan fingerprint density at radius 1 is 1.00 bits per heavy atom. The van der Waals surface area contributed by atoms with E-state index < -0.39 is 34.6 Å². The van der Waals surface area contributed by atoms with Crippen molar-refractivity contribution >= 4 is 22.5 Å². The molecule has 1 aliphatic carbocycles. The minimum atomic E-state index is -1.38. The quantitative estimate of drug-likeness (QED) is 0.405. The topological polar surface area (TPSA) is 138 Å². The van der Waals surface area contributed by atoms with Crippen molar-refractivity contribution < 1.29 is 35.1 Å². The monoisotopic (exact) mass is 365 g/mol. The highest BCUT2D eigenvalue weighted by Crippen LogP contribution is 2.43. The van der Waals surface area contributed by atoms with Crippen molar-refractivity contribution in [1.29, 1.82) is 0 Å². The first-order valence-electron chi connectivity index (χ1n) is 8.02. The summed E-state index contributed by atoms with van der Waals surface area (Å²) in [7, 11) is 0. The molecule has 0 fully saturated rings. The van der Waals surface area contributed by atoms with E-state index in [9.17, 15) is 35.1 Å². The van der Waals surface area contributed by atoms with E-state index in [-0.39, 0.29) is 34.2 Å². The lowest BCUT2D eigenvalue weighted by atomic mass is 9.81. The molecule has 0 amide bonds. The van der Waals surface area contributed by atoms with Crippen LogP contribution in [0, 0.1) is 6.92 Å². The van der Waals surface area contributed by atoms with Gasteiger partial charge in [-0.2, -0.15) is 0 Å². The molecule has 0 unspecified atom stereocenters. The van der Waals surface area contributed by atoms with Gasteiger partial charge >= 0.3 is 5.97 Å². The molecule has 136 valence electrons. The van der Waals surface area contributed by atoms with E-state index in [1.165, 1.54) is 19.1 Å². The average molecular weight is 365 g/mol. The van der Waals surface area contributed by atoms with Gasteiger partial charge in [0, 0.05) is 11.6 Å². The van der Waals surface area contributed by atoms with Crippen molar-refractivity contribution in [3.8, 4) is 23.0 Å². The number of phenolic OH excluding ortho intramolecular Hbond substituents is 2. The van der Waals surface area contributed by atoms with E-state index in [4.69, 9.17) is 0 Å². The number of carboxylic acid groups (broad SMARTS) is 1. The Bertz CT molecular complexity index is 1190. The molecule has 3 aromatic rings. The molecule has 7 nitrogen and oxygen atoms in total. The van der Waals surface area contributed by atoms with Gasteiger partial charge in [0.2, 0.25) is 0 Å². The highest BCUT2D eigenvalue weighted by atomic mass is 16.4. The van der Waals surface area contributed by atoms with Gasteiger partial charge in [-0.25, -0.2) is 4.79 Å². The summed E-state index contributed by atoms with van der Waals surface area (Å²) in [5, 5.41) is 52.4. The van der Waals surface area contributed by atoms with Crippen molar-refractivity contribution in [2.24, 2.45) is 0 Å². The van der Waals surface area contributed by atoms with Crippen LogP contribution < -0.4 is 5.11 Å². The molecule has 0 bridgehead atoms. The number of carbonyl (C=O) groups excluding carboxylic acids is 1. The van der Waals surface area contributed by atoms with Gasteiger partial charge in [-0.15, -0.1) is 0 Å². The minimum absolute atomic E-state index is 0.0408. The molecular formula is C20H13O7-. The third kappa shape index (κ3) is 2.21. The van der Waals surface area contributed by atoms with Crippen molar-refractivity contribution in [2.45, 2.75) is 13.3 Å². The second-order valence-electron chi connectivity index (χ2n) is 6.54. The van der Waals surface area contributed by atoms with Gasteiger partial charge in [0.25, 0.3) is 0 Å². The SMILES string of the molecule is Cc1c(C(=O)O)c(O)cc2cc3c(c([O-])c12)C(=O)c1c(O)cc(O)cc1C3. The molecule has 1 aliphatic rings. The lowest BCUT2D eigenvalue weighted by Gasteiger charge is -2.27. The minimum Gasteiger partial charge on any atom is -0.872 e. The van der Waals surface area contributed by atoms with Crippen LogP contribution in [-0.2, 0) is 6.42 Å². The molecule has 0 atom stereocenters. The van der Waals surface area contributed by atoms with Crippen molar-refractivity contribution in [2.75, 3.05) is 0 Å². The highest BCUT2D eigenvalue weighted by molar-refractivity contribution is 6.18. The number of carboxylic acids is 1. The largest absolute Gasteiger partial charge is 0.872 e. The number of aromatic hydroxyl groups is 3. The molecular weight excluding hydrogens is 352 g/mol. The number of aryl methyl sites for hydroxylation is 1. The Morgan fingerprint density at radius 2 is 1.67 bits per heavy atom. The number of ketones is 1. The van der Waals surface area contributed by atoms with Crippen LogP contribution in [0.2, 0.25) is 0 Å². The van der Waals surface area contributed by atoms with Crippen LogP contribution in [0.3, 0.4) is 0 Å². The third-order valence-corrected chi connectivity index (χ3v) is 4.92. The van der Waals surface area contributed by atoms with Gasteiger partial charge in [-0.05, 0) is 59.0 Å². The Hall–Kier alpha value is -3.74. The van der Waals surface area contributed by atoms with Crippen LogP contribution in [-0.4, -0.2) is 32.2 Å². The summed E-state index contributed by atoms with van der Waals surface area (Å²) in [5.74, 6) is -3.80. The fourth-order valence-corrected chi connectivity index (χ4v) is 3.83. The average Bonchev–Trinajstić information content (AvgIpc) is 2.52. The number of benzene rings is 3. The molecule has 4 rings (SSSR count). The second kappa shape index (κ2) is 5.38. The predicted molar refractivity (Wildman–Crippen MR) is 92.8 cm³/mol. The zero-order valence-electron chi connectivity index (χ0n) is 14.0. The summed E-state index contributed by atoms with van der Waals surface area (Å²) < 4.78 is 0. The first kappa shape index (κ1) is 16.7. The fourth-order valence-electron chi connectivity index (χ4n) is 3.83. The molecule has 0 aliphatic heterocycles. The van der Waals surface area contributed by atoms with Crippen molar-refractivity contribution in [1.82, 2.24) is 0 Å². The molecule has 3 aromatic carbocycles. The standard InChI is InChI=1S/C20H14O7/c1-7-14-10(5-12(22)15(7)20(26)27)3-8-2-9-4-11(21)6-13(23)16(9)19(25)17(8)18(14)24/h3-6,21-24H,2H2,1H3,(H,26,27)/p-1. The second-order valence-corrected chi connectivity index (χ2v) is 6.54. The van der Waals surface area contributed by atoms with Crippen LogP contribution in [0.4, 0.5) is 0 Å². The van der Waals surface area contributed by atoms with E-state index >= 15 is 0 Å². The number of carbonyl (C=O) groups is 2. The molecule has 0 spiro atoms. The number of rotatable bonds is 1. The summed E-state index contributed by atoms with van der Waals surface area (Å²) >= 11 is 0. The van der Waals surface area contributed by atoms with Crippen LogP contribution in [0.1, 0.15) is 43.0 Å². The molecule has 27 heavy (non-hydrogen) atoms. The Labute approximate surface area is 152 Å². The van der Waals surface area contributed by atoms with E-state index in [2.05, 4.69) is 0 Å². The molecule has 0 radical (unpaired) electrons. The molecule has 0 saturated heterocycles. The van der Waals surface area contributed by atoms with Gasteiger partial charge < -0.3 is 25.5 Å². The summed E-state index contributed by atoms with van der Waals surface area (Å²) in [6.45, 7) is 1.40. The zero-order chi connectivity index (χ0) is 19.6. The summed E-state index contributed by atoms with van der Waals surface area (Å²) in [6.07, 6.45) is 0.129. The molecule has 4 N–H and O–H groups in total. The van der Waals surface area contributed by atoms with Crippen molar-refractivity contribution in [3.63, 3.8) is 0 Å². The fraction of sp³-hybridized carbons (Fsp3) is 0.100. The summed E-state index contributed by atoms with van der Waals surface area (Å²) in [4.78, 5) is 24.3. The highest BCUT2D eigenvalue weighted by Gasteiger charge is 2.29. The van der Waals surface area contributed by atoms with E-state index in [0.717, 1.165) is 6.07 Å². The number of hydrogen-bond acceptors (Lipinski definition) is 6. The Morgan fingerprint density at radius 3 is 2.33 bits per heavy atom.